The summed E-state index contributed by atoms with van der Waals surface area (Å²) in [6, 6.07) is 11.8. The number of hydrogen-bond donors (Lipinski definition) is 2. The van der Waals surface area contributed by atoms with E-state index in [1.807, 2.05) is 32.3 Å². The van der Waals surface area contributed by atoms with Gasteiger partial charge in [0.2, 0.25) is 0 Å². The number of rotatable bonds is 6. The van der Waals surface area contributed by atoms with Gasteiger partial charge in [0.25, 0.3) is 5.91 Å². The number of methoxy groups -OCH3 is 1. The standard InChI is InChI=1S/C26H31N3O4/c1-16-17(2)25(32-4)21(26(31)27-23-15-33-12-10-24(23)30)14-20(16)13-18-5-7-19(8-6-18)22-9-11-29(3)28-22/h5-9,11,14,23-24,30H,10,12-13,15H2,1-4H3,(H,27,31)/t23-,24-/m0/s1. The third-order valence-corrected chi connectivity index (χ3v) is 6.39. The zero-order valence-corrected chi connectivity index (χ0v) is 19.6. The van der Waals surface area contributed by atoms with Crippen molar-refractivity contribution in [1.29, 1.82) is 0 Å². The average molecular weight is 450 g/mol. The third-order valence-electron chi connectivity index (χ3n) is 6.39. The van der Waals surface area contributed by atoms with Crippen molar-refractivity contribution < 1.29 is 19.4 Å². The largest absolute Gasteiger partial charge is 0.496 e. The summed E-state index contributed by atoms with van der Waals surface area (Å²) in [6.45, 7) is 4.83. The zero-order valence-electron chi connectivity index (χ0n) is 19.6. The molecule has 1 amide bonds. The minimum atomic E-state index is -0.614. The number of hydrogen-bond acceptors (Lipinski definition) is 5. The first kappa shape index (κ1) is 23.0. The number of benzene rings is 2. The summed E-state index contributed by atoms with van der Waals surface area (Å²) in [4.78, 5) is 13.1. The number of nitrogens with zero attached hydrogens (tertiary/aromatic N) is 2. The van der Waals surface area contributed by atoms with Gasteiger partial charge in [-0.1, -0.05) is 24.3 Å². The van der Waals surface area contributed by atoms with E-state index >= 15 is 0 Å². The van der Waals surface area contributed by atoms with Crippen molar-refractivity contribution in [3.05, 3.63) is 70.4 Å². The lowest BCUT2D eigenvalue weighted by molar-refractivity contribution is -0.0140. The van der Waals surface area contributed by atoms with E-state index in [4.69, 9.17) is 9.47 Å². The van der Waals surface area contributed by atoms with Crippen LogP contribution in [-0.2, 0) is 18.2 Å². The number of aromatic nitrogens is 2. The molecule has 7 heteroatoms. The normalized spacial score (nSPS) is 18.2. The Balaban J connectivity index is 1.59. The van der Waals surface area contributed by atoms with Crippen molar-refractivity contribution in [3.63, 3.8) is 0 Å². The number of aliphatic hydroxyl groups excluding tert-OH is 1. The van der Waals surface area contributed by atoms with E-state index in [0.29, 0.717) is 37.4 Å². The van der Waals surface area contributed by atoms with Crippen LogP contribution in [0.5, 0.6) is 5.75 Å². The van der Waals surface area contributed by atoms with Crippen LogP contribution in [0.1, 0.15) is 39.0 Å². The van der Waals surface area contributed by atoms with E-state index in [1.165, 1.54) is 0 Å². The fourth-order valence-corrected chi connectivity index (χ4v) is 4.27. The molecule has 1 saturated heterocycles. The van der Waals surface area contributed by atoms with Gasteiger partial charge in [-0.2, -0.15) is 5.10 Å². The van der Waals surface area contributed by atoms with Crippen LogP contribution in [0.15, 0.2) is 42.6 Å². The van der Waals surface area contributed by atoms with Crippen LogP contribution in [0.3, 0.4) is 0 Å². The first-order valence-electron chi connectivity index (χ1n) is 11.2. The van der Waals surface area contributed by atoms with E-state index in [1.54, 1.807) is 11.8 Å². The lowest BCUT2D eigenvalue weighted by atomic mass is 9.92. The van der Waals surface area contributed by atoms with Gasteiger partial charge in [-0.25, -0.2) is 0 Å². The molecule has 1 aliphatic heterocycles. The van der Waals surface area contributed by atoms with Crippen LogP contribution < -0.4 is 10.1 Å². The molecule has 0 spiro atoms. The average Bonchev–Trinajstić information content (AvgIpc) is 3.25. The maximum absolute atomic E-state index is 13.1. The maximum Gasteiger partial charge on any atom is 0.255 e. The Morgan fingerprint density at radius 2 is 2.00 bits per heavy atom. The second kappa shape index (κ2) is 9.77. The minimum Gasteiger partial charge on any atom is -0.496 e. The van der Waals surface area contributed by atoms with E-state index < -0.39 is 12.1 Å². The monoisotopic (exact) mass is 449 g/mol. The number of carbonyl (C=O) groups is 1. The van der Waals surface area contributed by atoms with Crippen molar-refractivity contribution in [2.75, 3.05) is 20.3 Å². The SMILES string of the molecule is COc1c(C(=O)N[C@H]2COCC[C@@H]2O)cc(Cc2ccc(-c3ccn(C)n3)cc2)c(C)c1C. The highest BCUT2D eigenvalue weighted by atomic mass is 16.5. The Morgan fingerprint density at radius 1 is 1.24 bits per heavy atom. The molecule has 3 aromatic rings. The molecule has 0 unspecified atom stereocenters. The molecule has 174 valence electrons. The van der Waals surface area contributed by atoms with Crippen LogP contribution in [0.2, 0.25) is 0 Å². The number of carbonyl (C=O) groups excluding carboxylic acids is 1. The molecule has 33 heavy (non-hydrogen) atoms. The molecule has 0 radical (unpaired) electrons. The summed E-state index contributed by atoms with van der Waals surface area (Å²) < 4.78 is 12.8. The van der Waals surface area contributed by atoms with Crippen LogP contribution in [0, 0.1) is 13.8 Å². The molecule has 4 rings (SSSR count). The second-order valence-corrected chi connectivity index (χ2v) is 8.63. The lowest BCUT2D eigenvalue weighted by Crippen LogP contribution is -2.49. The lowest BCUT2D eigenvalue weighted by Gasteiger charge is -2.29. The maximum atomic E-state index is 13.1. The van der Waals surface area contributed by atoms with Gasteiger partial charge in [-0.05, 0) is 61.1 Å². The molecule has 1 fully saturated rings. The van der Waals surface area contributed by atoms with Crippen molar-refractivity contribution in [2.45, 2.75) is 38.8 Å². The number of aryl methyl sites for hydroxylation is 1. The van der Waals surface area contributed by atoms with Gasteiger partial charge in [-0.3, -0.25) is 9.48 Å². The minimum absolute atomic E-state index is 0.267. The second-order valence-electron chi connectivity index (χ2n) is 8.63. The summed E-state index contributed by atoms with van der Waals surface area (Å²) >= 11 is 0. The van der Waals surface area contributed by atoms with Crippen molar-refractivity contribution >= 4 is 5.91 Å². The predicted octanol–water partition coefficient (Wildman–Crippen LogP) is 3.18. The summed E-state index contributed by atoms with van der Waals surface area (Å²) in [5, 5.41) is 17.6. The first-order chi connectivity index (χ1) is 15.9. The van der Waals surface area contributed by atoms with Crippen molar-refractivity contribution in [1.82, 2.24) is 15.1 Å². The Labute approximate surface area is 194 Å². The fraction of sp³-hybridized carbons (Fsp3) is 0.385. The van der Waals surface area contributed by atoms with Gasteiger partial charge < -0.3 is 19.9 Å². The molecular formula is C26H31N3O4. The van der Waals surface area contributed by atoms with Gasteiger partial charge in [0.15, 0.2) is 0 Å². The van der Waals surface area contributed by atoms with Gasteiger partial charge in [0.05, 0.1) is 37.1 Å². The molecule has 2 heterocycles. The van der Waals surface area contributed by atoms with Gasteiger partial charge >= 0.3 is 0 Å². The van der Waals surface area contributed by atoms with Crippen LogP contribution in [0.4, 0.5) is 0 Å². The predicted molar refractivity (Wildman–Crippen MR) is 127 cm³/mol. The quantitative estimate of drug-likeness (QED) is 0.604. The van der Waals surface area contributed by atoms with Crippen molar-refractivity contribution in [3.8, 4) is 17.0 Å². The topological polar surface area (TPSA) is 85.6 Å². The Kier molecular flexibility index (Phi) is 6.81. The van der Waals surface area contributed by atoms with Crippen molar-refractivity contribution in [2.24, 2.45) is 7.05 Å². The molecule has 0 aliphatic carbocycles. The number of amides is 1. The zero-order chi connectivity index (χ0) is 23.5. The molecule has 0 bridgehead atoms. The summed E-state index contributed by atoms with van der Waals surface area (Å²) in [5.41, 5.74) is 6.71. The molecule has 1 aromatic heterocycles. The highest BCUT2D eigenvalue weighted by Gasteiger charge is 2.27. The Hall–Kier alpha value is -3.16. The smallest absolute Gasteiger partial charge is 0.255 e. The van der Waals surface area contributed by atoms with E-state index in [2.05, 4.69) is 41.6 Å². The van der Waals surface area contributed by atoms with Gasteiger partial charge in [0.1, 0.15) is 5.75 Å². The molecule has 7 nitrogen and oxygen atoms in total. The van der Waals surface area contributed by atoms with E-state index in [-0.39, 0.29) is 5.91 Å². The highest BCUT2D eigenvalue weighted by Crippen LogP contribution is 2.31. The van der Waals surface area contributed by atoms with Crippen LogP contribution in [-0.4, -0.2) is 53.3 Å². The third kappa shape index (κ3) is 4.94. The highest BCUT2D eigenvalue weighted by molar-refractivity contribution is 5.98. The Bertz CT molecular complexity index is 1140. The molecule has 2 N–H and O–H groups in total. The summed E-state index contributed by atoms with van der Waals surface area (Å²) in [7, 11) is 3.48. The van der Waals surface area contributed by atoms with E-state index in [9.17, 15) is 9.90 Å². The number of ether oxygens (including phenoxy) is 2. The fourth-order valence-electron chi connectivity index (χ4n) is 4.27. The molecule has 2 aromatic carbocycles. The van der Waals surface area contributed by atoms with Crippen LogP contribution >= 0.6 is 0 Å². The molecular weight excluding hydrogens is 418 g/mol. The number of nitrogens with one attached hydrogen (secondary N) is 1. The molecule has 1 aliphatic rings. The summed E-state index contributed by atoms with van der Waals surface area (Å²) in [6.07, 6.45) is 2.51. The summed E-state index contributed by atoms with van der Waals surface area (Å²) in [5.74, 6) is 0.293. The van der Waals surface area contributed by atoms with Gasteiger partial charge in [0, 0.05) is 25.4 Å². The Morgan fingerprint density at radius 3 is 2.64 bits per heavy atom. The van der Waals surface area contributed by atoms with Crippen LogP contribution in [0.25, 0.3) is 11.3 Å². The molecule has 2 atom stereocenters. The van der Waals surface area contributed by atoms with E-state index in [0.717, 1.165) is 33.5 Å². The number of aliphatic hydroxyl groups is 1. The molecule has 0 saturated carbocycles. The van der Waals surface area contributed by atoms with Gasteiger partial charge in [-0.15, -0.1) is 0 Å². The first-order valence-corrected chi connectivity index (χ1v) is 11.2.